The number of thiophene rings is 1. The molecule has 0 fully saturated rings. The first-order valence-electron chi connectivity index (χ1n) is 4.92. The summed E-state index contributed by atoms with van der Waals surface area (Å²) in [5.74, 6) is -0.280. The SMILES string of the molecule is COC(=O)c1c(N)nsc1NCc1cc(Br)cs1. The lowest BCUT2D eigenvalue weighted by Gasteiger charge is -2.04. The molecule has 18 heavy (non-hydrogen) atoms. The van der Waals surface area contributed by atoms with Crippen LogP contribution in [0.2, 0.25) is 0 Å². The monoisotopic (exact) mass is 347 g/mol. The van der Waals surface area contributed by atoms with Gasteiger partial charge < -0.3 is 15.8 Å². The van der Waals surface area contributed by atoms with E-state index in [4.69, 9.17) is 5.73 Å². The van der Waals surface area contributed by atoms with Crippen LogP contribution in [-0.4, -0.2) is 17.5 Å². The highest BCUT2D eigenvalue weighted by atomic mass is 79.9. The second-order valence-corrected chi connectivity index (χ2v) is 6.03. The van der Waals surface area contributed by atoms with Gasteiger partial charge in [0, 0.05) is 14.7 Å². The van der Waals surface area contributed by atoms with Crippen molar-refractivity contribution >= 4 is 55.6 Å². The Bertz CT molecular complexity index is 567. The largest absolute Gasteiger partial charge is 0.465 e. The predicted molar refractivity (Wildman–Crippen MR) is 77.2 cm³/mol. The number of methoxy groups -OCH3 is 1. The minimum Gasteiger partial charge on any atom is -0.465 e. The van der Waals surface area contributed by atoms with Crippen LogP contribution in [0.15, 0.2) is 15.9 Å². The molecule has 0 bridgehead atoms. The maximum atomic E-state index is 11.6. The molecule has 0 aliphatic rings. The number of nitrogens with zero attached hydrogens (tertiary/aromatic N) is 1. The summed E-state index contributed by atoms with van der Waals surface area (Å²) in [6, 6.07) is 2.01. The van der Waals surface area contributed by atoms with Crippen LogP contribution in [0.1, 0.15) is 15.2 Å². The van der Waals surface area contributed by atoms with Crippen LogP contribution in [0.5, 0.6) is 0 Å². The van der Waals surface area contributed by atoms with Crippen molar-refractivity contribution in [1.82, 2.24) is 4.37 Å². The fourth-order valence-corrected chi connectivity index (χ4v) is 3.42. The van der Waals surface area contributed by atoms with Crippen molar-refractivity contribution in [3.8, 4) is 0 Å². The normalized spacial score (nSPS) is 10.3. The number of esters is 1. The summed E-state index contributed by atoms with van der Waals surface area (Å²) in [5.41, 5.74) is 5.95. The number of halogens is 1. The number of rotatable bonds is 4. The van der Waals surface area contributed by atoms with Crippen molar-refractivity contribution in [1.29, 1.82) is 0 Å². The molecular formula is C10H10BrN3O2S2. The summed E-state index contributed by atoms with van der Waals surface area (Å²) < 4.78 is 9.67. The molecule has 0 spiro atoms. The summed E-state index contributed by atoms with van der Waals surface area (Å²) in [6.07, 6.45) is 0. The van der Waals surface area contributed by atoms with Gasteiger partial charge in [-0.3, -0.25) is 0 Å². The highest BCUT2D eigenvalue weighted by Gasteiger charge is 2.19. The molecule has 0 saturated heterocycles. The number of nitrogens with one attached hydrogen (secondary N) is 1. The number of carbonyl (C=O) groups excluding carboxylic acids is 1. The van der Waals surface area contributed by atoms with E-state index in [0.717, 1.165) is 20.9 Å². The molecule has 0 aliphatic carbocycles. The fraction of sp³-hybridized carbons (Fsp3) is 0.200. The zero-order valence-electron chi connectivity index (χ0n) is 9.40. The van der Waals surface area contributed by atoms with Crippen LogP contribution >= 0.6 is 38.8 Å². The van der Waals surface area contributed by atoms with Crippen LogP contribution in [-0.2, 0) is 11.3 Å². The van der Waals surface area contributed by atoms with Crippen molar-refractivity contribution in [2.45, 2.75) is 6.54 Å². The quantitative estimate of drug-likeness (QED) is 0.831. The molecule has 2 aromatic rings. The lowest BCUT2D eigenvalue weighted by Crippen LogP contribution is -2.07. The maximum absolute atomic E-state index is 11.6. The average Bonchev–Trinajstić information content (AvgIpc) is 2.92. The van der Waals surface area contributed by atoms with Crippen LogP contribution in [0.25, 0.3) is 0 Å². The lowest BCUT2D eigenvalue weighted by molar-refractivity contribution is 0.0603. The highest BCUT2D eigenvalue weighted by Crippen LogP contribution is 2.29. The number of nitrogens with two attached hydrogens (primary N) is 1. The summed E-state index contributed by atoms with van der Waals surface area (Å²) >= 11 is 6.17. The molecule has 5 nitrogen and oxygen atoms in total. The highest BCUT2D eigenvalue weighted by molar-refractivity contribution is 9.10. The number of carbonyl (C=O) groups is 1. The van der Waals surface area contributed by atoms with E-state index in [2.05, 4.69) is 30.4 Å². The first-order valence-corrected chi connectivity index (χ1v) is 7.36. The number of aromatic nitrogens is 1. The number of anilines is 2. The number of ether oxygens (including phenoxy) is 1. The molecule has 0 aromatic carbocycles. The molecule has 0 atom stereocenters. The smallest absolute Gasteiger partial charge is 0.344 e. The third-order valence-corrected chi connectivity index (χ3v) is 4.67. The Kier molecular flexibility index (Phi) is 4.20. The lowest BCUT2D eigenvalue weighted by atomic mass is 10.3. The molecule has 0 aliphatic heterocycles. The molecule has 0 saturated carbocycles. The fourth-order valence-electron chi connectivity index (χ4n) is 1.34. The van der Waals surface area contributed by atoms with Gasteiger partial charge in [0.2, 0.25) is 0 Å². The molecule has 3 N–H and O–H groups in total. The molecule has 2 rings (SSSR count). The van der Waals surface area contributed by atoms with Gasteiger partial charge in [0.05, 0.1) is 13.7 Å². The Labute approximate surface area is 120 Å². The number of hydrogen-bond acceptors (Lipinski definition) is 7. The van der Waals surface area contributed by atoms with Gasteiger partial charge in [0.25, 0.3) is 0 Å². The van der Waals surface area contributed by atoms with Crippen molar-refractivity contribution in [3.63, 3.8) is 0 Å². The molecule has 96 valence electrons. The van der Waals surface area contributed by atoms with E-state index >= 15 is 0 Å². The zero-order valence-corrected chi connectivity index (χ0v) is 12.6. The Hall–Kier alpha value is -1.12. The second-order valence-electron chi connectivity index (χ2n) is 3.35. The van der Waals surface area contributed by atoms with Gasteiger partial charge in [0.15, 0.2) is 5.82 Å². The average molecular weight is 348 g/mol. The van der Waals surface area contributed by atoms with Crippen molar-refractivity contribution in [3.05, 3.63) is 26.4 Å². The minimum atomic E-state index is -0.476. The third-order valence-electron chi connectivity index (χ3n) is 2.15. The topological polar surface area (TPSA) is 77.2 Å². The van der Waals surface area contributed by atoms with Crippen LogP contribution in [0.4, 0.5) is 10.8 Å². The Morgan fingerprint density at radius 3 is 3.06 bits per heavy atom. The summed E-state index contributed by atoms with van der Waals surface area (Å²) in [7, 11) is 1.32. The Morgan fingerprint density at radius 1 is 1.67 bits per heavy atom. The van der Waals surface area contributed by atoms with Gasteiger partial charge in [-0.25, -0.2) is 4.79 Å². The van der Waals surface area contributed by atoms with E-state index in [-0.39, 0.29) is 5.82 Å². The third kappa shape index (κ3) is 2.82. The van der Waals surface area contributed by atoms with Gasteiger partial charge in [0.1, 0.15) is 10.6 Å². The first kappa shape index (κ1) is 13.3. The summed E-state index contributed by atoms with van der Waals surface area (Å²) in [5, 5.41) is 5.77. The van der Waals surface area contributed by atoms with E-state index in [1.54, 1.807) is 11.3 Å². The van der Waals surface area contributed by atoms with Gasteiger partial charge in [-0.05, 0) is 33.5 Å². The minimum absolute atomic E-state index is 0.196. The van der Waals surface area contributed by atoms with E-state index in [1.165, 1.54) is 7.11 Å². The first-order chi connectivity index (χ1) is 8.61. The molecule has 2 aromatic heterocycles. The maximum Gasteiger partial charge on any atom is 0.344 e. The zero-order chi connectivity index (χ0) is 13.1. The van der Waals surface area contributed by atoms with E-state index < -0.39 is 5.97 Å². The summed E-state index contributed by atoms with van der Waals surface area (Å²) in [4.78, 5) is 12.7. The van der Waals surface area contributed by atoms with E-state index in [0.29, 0.717) is 17.1 Å². The Morgan fingerprint density at radius 2 is 2.44 bits per heavy atom. The van der Waals surface area contributed by atoms with Crippen LogP contribution in [0, 0.1) is 0 Å². The van der Waals surface area contributed by atoms with Gasteiger partial charge in [-0.2, -0.15) is 4.37 Å². The molecule has 2 heterocycles. The van der Waals surface area contributed by atoms with Crippen molar-refractivity contribution in [2.24, 2.45) is 0 Å². The standard InChI is InChI=1S/C10H10BrN3O2S2/c1-16-10(15)7-8(12)14-18-9(7)13-3-6-2-5(11)4-17-6/h2,4,13H,3H2,1H3,(H2,12,14). The molecule has 0 unspecified atom stereocenters. The van der Waals surface area contributed by atoms with E-state index in [1.807, 2.05) is 11.4 Å². The van der Waals surface area contributed by atoms with Gasteiger partial charge in [-0.1, -0.05) is 0 Å². The second kappa shape index (κ2) is 5.68. The number of hydrogen-bond donors (Lipinski definition) is 2. The molecule has 8 heteroatoms. The van der Waals surface area contributed by atoms with Crippen LogP contribution in [0.3, 0.4) is 0 Å². The van der Waals surface area contributed by atoms with Crippen molar-refractivity contribution in [2.75, 3.05) is 18.2 Å². The molecule has 0 radical (unpaired) electrons. The number of nitrogen functional groups attached to an aromatic ring is 1. The Balaban J connectivity index is 2.12. The molecular weight excluding hydrogens is 338 g/mol. The van der Waals surface area contributed by atoms with Crippen molar-refractivity contribution < 1.29 is 9.53 Å². The van der Waals surface area contributed by atoms with E-state index in [9.17, 15) is 4.79 Å². The molecule has 0 amide bonds. The predicted octanol–water partition coefficient (Wildman–Crippen LogP) is 2.95. The van der Waals surface area contributed by atoms with Gasteiger partial charge in [-0.15, -0.1) is 11.3 Å². The summed E-state index contributed by atoms with van der Waals surface area (Å²) in [6.45, 7) is 0.613. The van der Waals surface area contributed by atoms with Crippen LogP contribution < -0.4 is 11.1 Å². The van der Waals surface area contributed by atoms with Gasteiger partial charge >= 0.3 is 5.97 Å².